The van der Waals surface area contributed by atoms with Crippen LogP contribution in [0.3, 0.4) is 0 Å². The van der Waals surface area contributed by atoms with E-state index in [1.54, 1.807) is 11.3 Å². The van der Waals surface area contributed by atoms with Gasteiger partial charge in [-0.3, -0.25) is 14.2 Å². The van der Waals surface area contributed by atoms with Gasteiger partial charge in [0.05, 0.1) is 30.3 Å². The molecule has 3 aromatic heterocycles. The topological polar surface area (TPSA) is 80.6 Å². The van der Waals surface area contributed by atoms with E-state index in [0.717, 1.165) is 27.3 Å². The standard InChI is InChI=1S/C19H16N4O2S/c1-2-14-16(12-6-4-3-5-7-12)17-18(26-14)22-11-23(19(17)25)9-13-8-15(24)21-10-20-13/h3-8,10-11H,2,9H2,1H3,(H,20,21,24). The molecule has 7 heteroatoms. The SMILES string of the molecule is CCc1sc2ncn(Cc3cc(=O)[nH]cn3)c(=O)c2c1-c1ccccc1. The van der Waals surface area contributed by atoms with Crippen molar-refractivity contribution in [2.75, 3.05) is 0 Å². The van der Waals surface area contributed by atoms with Crippen molar-refractivity contribution in [3.05, 3.63) is 80.3 Å². The zero-order valence-corrected chi connectivity index (χ0v) is 14.9. The van der Waals surface area contributed by atoms with Crippen molar-refractivity contribution in [2.24, 2.45) is 0 Å². The largest absolute Gasteiger partial charge is 0.313 e. The average molecular weight is 364 g/mol. The van der Waals surface area contributed by atoms with Crippen molar-refractivity contribution < 1.29 is 0 Å². The fourth-order valence-electron chi connectivity index (χ4n) is 3.01. The predicted molar refractivity (Wildman–Crippen MR) is 103 cm³/mol. The molecule has 0 aliphatic carbocycles. The van der Waals surface area contributed by atoms with Crippen LogP contribution < -0.4 is 11.1 Å². The van der Waals surface area contributed by atoms with Gasteiger partial charge in [0.2, 0.25) is 0 Å². The Labute approximate surface area is 152 Å². The van der Waals surface area contributed by atoms with Gasteiger partial charge in [-0.25, -0.2) is 9.97 Å². The van der Waals surface area contributed by atoms with Gasteiger partial charge in [0, 0.05) is 16.5 Å². The van der Waals surface area contributed by atoms with Gasteiger partial charge in [-0.05, 0) is 12.0 Å². The minimum absolute atomic E-state index is 0.119. The number of fused-ring (bicyclic) bond motifs is 1. The summed E-state index contributed by atoms with van der Waals surface area (Å²) in [4.78, 5) is 37.6. The van der Waals surface area contributed by atoms with Crippen molar-refractivity contribution in [2.45, 2.75) is 19.9 Å². The van der Waals surface area contributed by atoms with E-state index in [1.807, 2.05) is 30.3 Å². The molecule has 0 amide bonds. The number of hydrogen-bond donors (Lipinski definition) is 1. The van der Waals surface area contributed by atoms with Crippen LogP contribution >= 0.6 is 11.3 Å². The Bertz CT molecular complexity index is 1190. The zero-order chi connectivity index (χ0) is 18.1. The van der Waals surface area contributed by atoms with Crippen LogP contribution in [0.25, 0.3) is 21.3 Å². The summed E-state index contributed by atoms with van der Waals surface area (Å²) in [6.45, 7) is 2.28. The third kappa shape index (κ3) is 2.86. The number of nitrogens with zero attached hydrogens (tertiary/aromatic N) is 3. The first-order chi connectivity index (χ1) is 12.7. The molecule has 0 saturated carbocycles. The molecule has 0 saturated heterocycles. The number of aryl methyl sites for hydroxylation is 1. The van der Waals surface area contributed by atoms with E-state index in [-0.39, 0.29) is 17.7 Å². The summed E-state index contributed by atoms with van der Waals surface area (Å²) in [6, 6.07) is 11.3. The van der Waals surface area contributed by atoms with Crippen LogP contribution in [-0.4, -0.2) is 19.5 Å². The molecule has 26 heavy (non-hydrogen) atoms. The maximum Gasteiger partial charge on any atom is 0.263 e. The smallest absolute Gasteiger partial charge is 0.263 e. The Hall–Kier alpha value is -3.06. The number of aromatic nitrogens is 4. The summed E-state index contributed by atoms with van der Waals surface area (Å²) in [7, 11) is 0. The van der Waals surface area contributed by atoms with Crippen LogP contribution in [0.4, 0.5) is 0 Å². The van der Waals surface area contributed by atoms with E-state index in [2.05, 4.69) is 21.9 Å². The van der Waals surface area contributed by atoms with E-state index in [4.69, 9.17) is 0 Å². The summed E-state index contributed by atoms with van der Waals surface area (Å²) < 4.78 is 1.50. The Morgan fingerprint density at radius 2 is 1.96 bits per heavy atom. The lowest BCUT2D eigenvalue weighted by Gasteiger charge is -2.06. The second-order valence-electron chi connectivity index (χ2n) is 5.88. The van der Waals surface area contributed by atoms with Crippen molar-refractivity contribution in [3.8, 4) is 11.1 Å². The summed E-state index contributed by atoms with van der Waals surface area (Å²) in [5.41, 5.74) is 2.13. The molecular formula is C19H16N4O2S. The predicted octanol–water partition coefficient (Wildman–Crippen LogP) is 2.82. The molecule has 4 aromatic rings. The van der Waals surface area contributed by atoms with Gasteiger partial charge in [-0.15, -0.1) is 11.3 Å². The molecule has 6 nitrogen and oxygen atoms in total. The van der Waals surface area contributed by atoms with Crippen molar-refractivity contribution in [1.82, 2.24) is 19.5 Å². The molecule has 3 heterocycles. The third-order valence-corrected chi connectivity index (χ3v) is 5.44. The molecule has 0 aliphatic rings. The Balaban J connectivity index is 1.92. The number of benzene rings is 1. The van der Waals surface area contributed by atoms with Gasteiger partial charge in [-0.1, -0.05) is 37.3 Å². The molecule has 130 valence electrons. The summed E-state index contributed by atoms with van der Waals surface area (Å²) in [6.07, 6.45) is 3.70. The van der Waals surface area contributed by atoms with Gasteiger partial charge in [-0.2, -0.15) is 0 Å². The van der Waals surface area contributed by atoms with E-state index in [9.17, 15) is 9.59 Å². The number of hydrogen-bond acceptors (Lipinski definition) is 5. The second kappa shape index (κ2) is 6.68. The molecule has 4 rings (SSSR count). The first-order valence-corrected chi connectivity index (χ1v) is 9.09. The molecule has 0 fully saturated rings. The Morgan fingerprint density at radius 3 is 2.69 bits per heavy atom. The molecule has 0 atom stereocenters. The Kier molecular flexibility index (Phi) is 4.22. The highest BCUT2D eigenvalue weighted by Gasteiger charge is 2.18. The zero-order valence-electron chi connectivity index (χ0n) is 14.1. The molecule has 1 aromatic carbocycles. The van der Waals surface area contributed by atoms with Crippen molar-refractivity contribution in [1.29, 1.82) is 0 Å². The van der Waals surface area contributed by atoms with Crippen LogP contribution in [-0.2, 0) is 13.0 Å². The van der Waals surface area contributed by atoms with Crippen LogP contribution in [0.1, 0.15) is 17.5 Å². The van der Waals surface area contributed by atoms with Crippen molar-refractivity contribution in [3.63, 3.8) is 0 Å². The molecular weight excluding hydrogens is 348 g/mol. The van der Waals surface area contributed by atoms with Gasteiger partial charge in [0.1, 0.15) is 4.83 Å². The van der Waals surface area contributed by atoms with E-state index in [0.29, 0.717) is 11.1 Å². The minimum Gasteiger partial charge on any atom is -0.313 e. The molecule has 0 spiro atoms. The van der Waals surface area contributed by atoms with E-state index >= 15 is 0 Å². The third-order valence-electron chi connectivity index (χ3n) is 4.20. The monoisotopic (exact) mass is 364 g/mol. The van der Waals surface area contributed by atoms with Gasteiger partial charge < -0.3 is 4.98 Å². The summed E-state index contributed by atoms with van der Waals surface area (Å²) >= 11 is 1.56. The van der Waals surface area contributed by atoms with Gasteiger partial charge >= 0.3 is 0 Å². The maximum atomic E-state index is 13.2. The molecule has 1 N–H and O–H groups in total. The minimum atomic E-state index is -0.245. The van der Waals surface area contributed by atoms with Crippen LogP contribution in [0.5, 0.6) is 0 Å². The second-order valence-corrected chi connectivity index (χ2v) is 6.96. The molecule has 0 unspecified atom stereocenters. The highest BCUT2D eigenvalue weighted by Crippen LogP contribution is 2.36. The lowest BCUT2D eigenvalue weighted by molar-refractivity contribution is 0.726. The molecule has 0 radical (unpaired) electrons. The highest BCUT2D eigenvalue weighted by molar-refractivity contribution is 7.19. The lowest BCUT2D eigenvalue weighted by atomic mass is 10.0. The van der Waals surface area contributed by atoms with Crippen LogP contribution in [0.2, 0.25) is 0 Å². The highest BCUT2D eigenvalue weighted by atomic mass is 32.1. The van der Waals surface area contributed by atoms with E-state index < -0.39 is 0 Å². The fraction of sp³-hybridized carbons (Fsp3) is 0.158. The Morgan fingerprint density at radius 1 is 1.15 bits per heavy atom. The normalized spacial score (nSPS) is 11.1. The van der Waals surface area contributed by atoms with Crippen molar-refractivity contribution >= 4 is 21.6 Å². The van der Waals surface area contributed by atoms with Crippen LogP contribution in [0, 0.1) is 0 Å². The van der Waals surface area contributed by atoms with Gasteiger partial charge in [0.25, 0.3) is 11.1 Å². The summed E-state index contributed by atoms with van der Waals surface area (Å²) in [5.74, 6) is 0. The molecule has 0 aliphatic heterocycles. The maximum absolute atomic E-state index is 13.2. The lowest BCUT2D eigenvalue weighted by Crippen LogP contribution is -2.22. The molecule has 0 bridgehead atoms. The quantitative estimate of drug-likeness (QED) is 0.604. The number of rotatable bonds is 4. The number of H-pyrrole nitrogens is 1. The number of aromatic amines is 1. The van der Waals surface area contributed by atoms with Gasteiger partial charge in [0.15, 0.2) is 0 Å². The van der Waals surface area contributed by atoms with Crippen LogP contribution in [0.15, 0.2) is 58.6 Å². The first-order valence-electron chi connectivity index (χ1n) is 8.27. The number of nitrogens with one attached hydrogen (secondary N) is 1. The van der Waals surface area contributed by atoms with E-state index in [1.165, 1.54) is 23.3 Å². The average Bonchev–Trinajstić information content (AvgIpc) is 3.04. The fourth-order valence-corrected chi connectivity index (χ4v) is 4.11. The summed E-state index contributed by atoms with van der Waals surface area (Å²) in [5, 5.41) is 0.630. The number of thiophene rings is 1. The first kappa shape index (κ1) is 16.4.